The molecule has 0 heterocycles. The minimum Gasteiger partial charge on any atom is -0.330 e. The number of nitrogens with two attached hydrogens (primary N) is 1. The summed E-state index contributed by atoms with van der Waals surface area (Å²) in [5.41, 5.74) is 5.86. The summed E-state index contributed by atoms with van der Waals surface area (Å²) in [5, 5.41) is 0. The van der Waals surface area contributed by atoms with Crippen LogP contribution in [-0.2, 0) is 4.79 Å². The molecular formula is C16H29NO. The van der Waals surface area contributed by atoms with Crippen LogP contribution < -0.4 is 5.73 Å². The van der Waals surface area contributed by atoms with Gasteiger partial charge in [-0.05, 0) is 44.1 Å². The molecule has 2 rings (SSSR count). The van der Waals surface area contributed by atoms with Gasteiger partial charge >= 0.3 is 0 Å². The Hall–Kier alpha value is -0.370. The zero-order valence-corrected chi connectivity index (χ0v) is 11.9. The van der Waals surface area contributed by atoms with Crippen LogP contribution >= 0.6 is 0 Å². The zero-order chi connectivity index (χ0) is 13.0. The fourth-order valence-electron chi connectivity index (χ4n) is 4.09. The summed E-state index contributed by atoms with van der Waals surface area (Å²) in [6.45, 7) is 2.97. The average Bonchev–Trinajstić information content (AvgIpc) is 2.46. The third-order valence-electron chi connectivity index (χ3n) is 5.34. The second-order valence-electron chi connectivity index (χ2n) is 6.43. The van der Waals surface area contributed by atoms with E-state index in [0.717, 1.165) is 25.2 Å². The van der Waals surface area contributed by atoms with Gasteiger partial charge in [-0.25, -0.2) is 0 Å². The molecule has 0 saturated heterocycles. The third kappa shape index (κ3) is 3.14. The van der Waals surface area contributed by atoms with Crippen LogP contribution in [0.15, 0.2) is 0 Å². The molecule has 18 heavy (non-hydrogen) atoms. The molecule has 0 radical (unpaired) electrons. The number of carbonyl (C=O) groups is 1. The highest BCUT2D eigenvalue weighted by Crippen LogP contribution is 2.38. The first-order valence-corrected chi connectivity index (χ1v) is 8.00. The number of rotatable bonds is 4. The van der Waals surface area contributed by atoms with Crippen molar-refractivity contribution in [2.24, 2.45) is 29.4 Å². The summed E-state index contributed by atoms with van der Waals surface area (Å²) in [4.78, 5) is 12.7. The molecule has 0 aromatic rings. The molecule has 2 aliphatic rings. The first-order valence-electron chi connectivity index (χ1n) is 8.00. The summed E-state index contributed by atoms with van der Waals surface area (Å²) in [6.07, 6.45) is 10.9. The van der Waals surface area contributed by atoms with E-state index in [2.05, 4.69) is 6.92 Å². The molecule has 0 amide bonds. The molecule has 2 nitrogen and oxygen atoms in total. The quantitative estimate of drug-likeness (QED) is 0.830. The molecule has 0 aliphatic heterocycles. The predicted octanol–water partition coefficient (Wildman–Crippen LogP) is 3.54. The van der Waals surface area contributed by atoms with Crippen molar-refractivity contribution in [2.75, 3.05) is 6.54 Å². The number of hydrogen-bond donors (Lipinski definition) is 1. The Morgan fingerprint density at radius 3 is 2.61 bits per heavy atom. The number of ketones is 1. The summed E-state index contributed by atoms with van der Waals surface area (Å²) >= 11 is 0. The van der Waals surface area contributed by atoms with E-state index in [-0.39, 0.29) is 0 Å². The molecule has 2 heteroatoms. The normalized spacial score (nSPS) is 37.4. The molecule has 4 unspecified atom stereocenters. The molecule has 0 aromatic heterocycles. The Bertz CT molecular complexity index is 276. The molecular weight excluding hydrogens is 222 g/mol. The van der Waals surface area contributed by atoms with E-state index >= 15 is 0 Å². The van der Waals surface area contributed by atoms with Gasteiger partial charge in [-0.15, -0.1) is 0 Å². The number of Topliss-reactive ketones (excluding diaryl/α,β-unsaturated/α-hetero) is 1. The molecule has 2 fully saturated rings. The highest BCUT2D eigenvalue weighted by atomic mass is 16.1. The van der Waals surface area contributed by atoms with E-state index < -0.39 is 0 Å². The van der Waals surface area contributed by atoms with E-state index in [0.29, 0.717) is 30.1 Å². The van der Waals surface area contributed by atoms with Gasteiger partial charge in [0.15, 0.2) is 0 Å². The molecule has 0 bridgehead atoms. The second-order valence-corrected chi connectivity index (χ2v) is 6.43. The van der Waals surface area contributed by atoms with Crippen LogP contribution in [0, 0.1) is 23.7 Å². The molecule has 2 saturated carbocycles. The Morgan fingerprint density at radius 2 is 1.89 bits per heavy atom. The van der Waals surface area contributed by atoms with Crippen molar-refractivity contribution in [3.8, 4) is 0 Å². The van der Waals surface area contributed by atoms with Gasteiger partial charge in [0, 0.05) is 11.8 Å². The van der Waals surface area contributed by atoms with Crippen molar-refractivity contribution < 1.29 is 4.79 Å². The van der Waals surface area contributed by atoms with Gasteiger partial charge in [0.25, 0.3) is 0 Å². The summed E-state index contributed by atoms with van der Waals surface area (Å²) in [5.74, 6) is 2.51. The van der Waals surface area contributed by atoms with Gasteiger partial charge in [0.1, 0.15) is 5.78 Å². The van der Waals surface area contributed by atoms with Crippen molar-refractivity contribution in [1.29, 1.82) is 0 Å². The van der Waals surface area contributed by atoms with E-state index in [1.54, 1.807) is 0 Å². The summed E-state index contributed by atoms with van der Waals surface area (Å²) < 4.78 is 0. The summed E-state index contributed by atoms with van der Waals surface area (Å²) in [7, 11) is 0. The van der Waals surface area contributed by atoms with E-state index in [4.69, 9.17) is 5.73 Å². The van der Waals surface area contributed by atoms with Gasteiger partial charge in [-0.2, -0.15) is 0 Å². The van der Waals surface area contributed by atoms with Crippen LogP contribution in [0.2, 0.25) is 0 Å². The number of carbonyl (C=O) groups excluding carboxylic acids is 1. The zero-order valence-electron chi connectivity index (χ0n) is 11.9. The minimum absolute atomic E-state index is 0.296. The predicted molar refractivity (Wildman–Crippen MR) is 75.2 cm³/mol. The maximum absolute atomic E-state index is 12.7. The topological polar surface area (TPSA) is 43.1 Å². The van der Waals surface area contributed by atoms with Crippen LogP contribution in [0.4, 0.5) is 0 Å². The first-order chi connectivity index (χ1) is 8.76. The highest BCUT2D eigenvalue weighted by molar-refractivity contribution is 5.84. The standard InChI is InChI=1S/C16H29NO/c1-2-12-6-5-8-13(10-12)16(18)15-9-4-3-7-14(15)11-17/h12-15H,2-11,17H2,1H3. The molecule has 0 spiro atoms. The monoisotopic (exact) mass is 251 g/mol. The van der Waals surface area contributed by atoms with Gasteiger partial charge in [-0.3, -0.25) is 4.79 Å². The molecule has 104 valence electrons. The number of hydrogen-bond acceptors (Lipinski definition) is 2. The Balaban J connectivity index is 1.96. The summed E-state index contributed by atoms with van der Waals surface area (Å²) in [6, 6.07) is 0. The Kier molecular flexibility index (Phi) is 5.23. The molecule has 4 atom stereocenters. The fraction of sp³-hybridized carbons (Fsp3) is 0.938. The molecule has 2 aliphatic carbocycles. The van der Waals surface area contributed by atoms with E-state index in [9.17, 15) is 4.79 Å². The van der Waals surface area contributed by atoms with Crippen molar-refractivity contribution in [3.63, 3.8) is 0 Å². The molecule has 0 aromatic carbocycles. The average molecular weight is 251 g/mol. The Morgan fingerprint density at radius 1 is 1.11 bits per heavy atom. The Labute approximate surface area is 112 Å². The van der Waals surface area contributed by atoms with Gasteiger partial charge in [-0.1, -0.05) is 39.0 Å². The van der Waals surface area contributed by atoms with Crippen molar-refractivity contribution >= 4 is 5.78 Å². The minimum atomic E-state index is 0.296. The van der Waals surface area contributed by atoms with Gasteiger partial charge in [0.05, 0.1) is 0 Å². The first kappa shape index (κ1) is 14.0. The maximum Gasteiger partial charge on any atom is 0.139 e. The van der Waals surface area contributed by atoms with Crippen molar-refractivity contribution in [2.45, 2.75) is 64.7 Å². The lowest BCUT2D eigenvalue weighted by Gasteiger charge is -2.35. The fourth-order valence-corrected chi connectivity index (χ4v) is 4.09. The lowest BCUT2D eigenvalue weighted by molar-refractivity contribution is -0.131. The van der Waals surface area contributed by atoms with Crippen molar-refractivity contribution in [3.05, 3.63) is 0 Å². The van der Waals surface area contributed by atoms with Gasteiger partial charge in [0.2, 0.25) is 0 Å². The largest absolute Gasteiger partial charge is 0.330 e. The van der Waals surface area contributed by atoms with Crippen LogP contribution in [-0.4, -0.2) is 12.3 Å². The van der Waals surface area contributed by atoms with E-state index in [1.807, 2.05) is 0 Å². The lowest BCUT2D eigenvalue weighted by Crippen LogP contribution is -2.37. The highest BCUT2D eigenvalue weighted by Gasteiger charge is 2.35. The maximum atomic E-state index is 12.7. The smallest absolute Gasteiger partial charge is 0.139 e. The molecule has 2 N–H and O–H groups in total. The van der Waals surface area contributed by atoms with Crippen molar-refractivity contribution in [1.82, 2.24) is 0 Å². The van der Waals surface area contributed by atoms with Crippen LogP contribution in [0.5, 0.6) is 0 Å². The second kappa shape index (κ2) is 6.70. The van der Waals surface area contributed by atoms with Crippen LogP contribution in [0.25, 0.3) is 0 Å². The van der Waals surface area contributed by atoms with Crippen LogP contribution in [0.1, 0.15) is 64.7 Å². The third-order valence-corrected chi connectivity index (χ3v) is 5.34. The van der Waals surface area contributed by atoms with Gasteiger partial charge < -0.3 is 5.73 Å². The van der Waals surface area contributed by atoms with E-state index in [1.165, 1.54) is 38.5 Å². The SMILES string of the molecule is CCC1CCCC(C(=O)C2CCCCC2CN)C1. The van der Waals surface area contributed by atoms with Crippen LogP contribution in [0.3, 0.4) is 0 Å². The lowest BCUT2D eigenvalue weighted by atomic mass is 9.69.